The van der Waals surface area contributed by atoms with Crippen molar-refractivity contribution in [1.82, 2.24) is 4.90 Å². The van der Waals surface area contributed by atoms with Crippen LogP contribution in [-0.4, -0.2) is 46.5 Å². The predicted octanol–water partition coefficient (Wildman–Crippen LogP) is 1.68. The van der Waals surface area contributed by atoms with Crippen molar-refractivity contribution in [2.75, 3.05) is 13.1 Å². The third kappa shape index (κ3) is 5.28. The van der Waals surface area contributed by atoms with E-state index < -0.39 is 23.6 Å². The van der Waals surface area contributed by atoms with Crippen LogP contribution in [0.15, 0.2) is 0 Å². The summed E-state index contributed by atoms with van der Waals surface area (Å²) in [4.78, 5) is 35.8. The number of carbonyl (C=O) groups is 3. The smallest absolute Gasteiger partial charge is 0.410 e. The van der Waals surface area contributed by atoms with Gasteiger partial charge in [-0.3, -0.25) is 9.59 Å². The number of carboxylic acids is 1. The van der Waals surface area contributed by atoms with E-state index in [0.29, 0.717) is 19.4 Å². The number of ketones is 1. The van der Waals surface area contributed by atoms with Gasteiger partial charge in [0.25, 0.3) is 0 Å². The molecule has 1 aliphatic heterocycles. The normalized spacial score (nSPS) is 20.9. The number of hydrogen-bond acceptors (Lipinski definition) is 4. The number of ether oxygens (including phenoxy) is 1. The molecule has 1 heterocycles. The van der Waals surface area contributed by atoms with E-state index in [1.165, 1.54) is 4.90 Å². The first kappa shape index (κ1) is 15.5. The molecule has 1 atom stereocenters. The summed E-state index contributed by atoms with van der Waals surface area (Å²) in [6, 6.07) is 0. The van der Waals surface area contributed by atoms with Crippen molar-refractivity contribution < 1.29 is 24.2 Å². The Kier molecular flexibility index (Phi) is 4.91. The van der Waals surface area contributed by atoms with Crippen molar-refractivity contribution >= 4 is 17.8 Å². The van der Waals surface area contributed by atoms with Crippen LogP contribution in [0.4, 0.5) is 4.79 Å². The van der Waals surface area contributed by atoms with E-state index in [2.05, 4.69) is 0 Å². The fraction of sp³-hybridized carbons (Fsp3) is 0.769. The Morgan fingerprint density at radius 2 is 2.05 bits per heavy atom. The molecule has 6 nitrogen and oxygen atoms in total. The molecule has 0 aromatic heterocycles. The average molecular weight is 271 g/mol. The summed E-state index contributed by atoms with van der Waals surface area (Å²) in [6.45, 7) is 5.65. The van der Waals surface area contributed by atoms with Crippen molar-refractivity contribution in [3.63, 3.8) is 0 Å². The molecule has 0 bridgehead atoms. The molecule has 1 rings (SSSR count). The van der Waals surface area contributed by atoms with Gasteiger partial charge in [-0.1, -0.05) is 0 Å². The second-order valence-electron chi connectivity index (χ2n) is 5.81. The third-order valence-electron chi connectivity index (χ3n) is 2.86. The van der Waals surface area contributed by atoms with Gasteiger partial charge in [-0.05, 0) is 33.6 Å². The number of carboxylic acid groups (broad SMARTS) is 1. The van der Waals surface area contributed by atoms with E-state index in [-0.39, 0.29) is 18.7 Å². The number of nitrogens with zero attached hydrogens (tertiary/aromatic N) is 1. The van der Waals surface area contributed by atoms with Crippen LogP contribution in [0.2, 0.25) is 0 Å². The second-order valence-corrected chi connectivity index (χ2v) is 5.81. The van der Waals surface area contributed by atoms with Crippen molar-refractivity contribution in [2.45, 2.75) is 45.6 Å². The lowest BCUT2D eigenvalue weighted by atomic mass is 9.96. The maximum atomic E-state index is 11.9. The molecular formula is C13H21NO5. The van der Waals surface area contributed by atoms with Crippen molar-refractivity contribution in [3.05, 3.63) is 0 Å². The summed E-state index contributed by atoms with van der Waals surface area (Å²) in [6.07, 6.45) is 0.436. The molecule has 0 saturated carbocycles. The van der Waals surface area contributed by atoms with Gasteiger partial charge in [-0.2, -0.15) is 0 Å². The van der Waals surface area contributed by atoms with Gasteiger partial charge in [0.1, 0.15) is 5.60 Å². The van der Waals surface area contributed by atoms with Crippen LogP contribution in [0.3, 0.4) is 0 Å². The fourth-order valence-corrected chi connectivity index (χ4v) is 1.99. The highest BCUT2D eigenvalue weighted by Gasteiger charge is 2.30. The van der Waals surface area contributed by atoms with E-state index >= 15 is 0 Å². The van der Waals surface area contributed by atoms with Crippen LogP contribution in [0.25, 0.3) is 0 Å². The number of rotatable bonds is 2. The first-order valence-electron chi connectivity index (χ1n) is 6.41. The summed E-state index contributed by atoms with van der Waals surface area (Å²) >= 11 is 0. The van der Waals surface area contributed by atoms with E-state index in [9.17, 15) is 14.4 Å². The monoisotopic (exact) mass is 271 g/mol. The molecule has 1 saturated heterocycles. The standard InChI is InChI=1S/C13H21NO5/c1-13(2,3)19-12(18)14-6-4-5-9(7-11(16)17)10(15)8-14/h9H,4-8H2,1-3H3,(H,16,17). The summed E-state index contributed by atoms with van der Waals surface area (Å²) < 4.78 is 5.22. The second kappa shape index (κ2) is 6.04. The van der Waals surface area contributed by atoms with Gasteiger partial charge >= 0.3 is 12.1 Å². The first-order chi connectivity index (χ1) is 8.69. The van der Waals surface area contributed by atoms with Gasteiger partial charge in [0.15, 0.2) is 5.78 Å². The van der Waals surface area contributed by atoms with Gasteiger partial charge in [0, 0.05) is 12.5 Å². The lowest BCUT2D eigenvalue weighted by Crippen LogP contribution is -2.40. The minimum absolute atomic E-state index is 0.0626. The summed E-state index contributed by atoms with van der Waals surface area (Å²) in [7, 11) is 0. The maximum Gasteiger partial charge on any atom is 0.410 e. The number of Topliss-reactive ketones (excluding diaryl/α,β-unsaturated/α-hetero) is 1. The highest BCUT2D eigenvalue weighted by atomic mass is 16.6. The molecule has 0 aromatic rings. The van der Waals surface area contributed by atoms with E-state index in [1.807, 2.05) is 0 Å². The predicted molar refractivity (Wildman–Crippen MR) is 67.8 cm³/mol. The lowest BCUT2D eigenvalue weighted by molar-refractivity contribution is -0.140. The van der Waals surface area contributed by atoms with E-state index in [1.54, 1.807) is 20.8 Å². The SMILES string of the molecule is CC(C)(C)OC(=O)N1CCCC(CC(=O)O)C(=O)C1. The van der Waals surface area contributed by atoms with Crippen LogP contribution < -0.4 is 0 Å². The Bertz CT molecular complexity index is 372. The van der Waals surface area contributed by atoms with Crippen LogP contribution in [0.5, 0.6) is 0 Å². The molecule has 108 valence electrons. The minimum Gasteiger partial charge on any atom is -0.481 e. The number of aliphatic carboxylic acids is 1. The minimum atomic E-state index is -0.982. The Labute approximate surface area is 112 Å². The van der Waals surface area contributed by atoms with Gasteiger partial charge in [0.05, 0.1) is 13.0 Å². The number of hydrogen-bond donors (Lipinski definition) is 1. The zero-order valence-electron chi connectivity index (χ0n) is 11.6. The Hall–Kier alpha value is -1.59. The number of carbonyl (C=O) groups excluding carboxylic acids is 2. The highest BCUT2D eigenvalue weighted by molar-refractivity contribution is 5.89. The first-order valence-corrected chi connectivity index (χ1v) is 6.41. The summed E-state index contributed by atoms with van der Waals surface area (Å²) in [5.41, 5.74) is -0.604. The molecule has 1 unspecified atom stereocenters. The molecular weight excluding hydrogens is 250 g/mol. The third-order valence-corrected chi connectivity index (χ3v) is 2.86. The summed E-state index contributed by atoms with van der Waals surface area (Å²) in [5, 5.41) is 8.75. The van der Waals surface area contributed by atoms with Gasteiger partial charge in [0.2, 0.25) is 0 Å². The summed E-state index contributed by atoms with van der Waals surface area (Å²) in [5.74, 6) is -1.68. The molecule has 1 fully saturated rings. The molecule has 1 amide bonds. The molecule has 0 spiro atoms. The Balaban J connectivity index is 2.63. The average Bonchev–Trinajstić information content (AvgIpc) is 2.38. The number of amides is 1. The van der Waals surface area contributed by atoms with Crippen LogP contribution in [0, 0.1) is 5.92 Å². The van der Waals surface area contributed by atoms with Crippen LogP contribution in [0.1, 0.15) is 40.0 Å². The molecule has 0 aromatic carbocycles. The quantitative estimate of drug-likeness (QED) is 0.826. The zero-order chi connectivity index (χ0) is 14.6. The zero-order valence-corrected chi connectivity index (χ0v) is 11.6. The number of likely N-dealkylation sites (tertiary alicyclic amines) is 1. The molecule has 6 heteroatoms. The largest absolute Gasteiger partial charge is 0.481 e. The van der Waals surface area contributed by atoms with Gasteiger partial charge < -0.3 is 14.7 Å². The van der Waals surface area contributed by atoms with Crippen LogP contribution in [-0.2, 0) is 14.3 Å². The fourth-order valence-electron chi connectivity index (χ4n) is 1.99. The molecule has 0 radical (unpaired) electrons. The molecule has 0 aliphatic carbocycles. The molecule has 1 aliphatic rings. The molecule has 1 N–H and O–H groups in total. The van der Waals surface area contributed by atoms with E-state index in [4.69, 9.17) is 9.84 Å². The lowest BCUT2D eigenvalue weighted by Gasteiger charge is -2.26. The van der Waals surface area contributed by atoms with E-state index in [0.717, 1.165) is 0 Å². The van der Waals surface area contributed by atoms with Crippen molar-refractivity contribution in [3.8, 4) is 0 Å². The van der Waals surface area contributed by atoms with Crippen molar-refractivity contribution in [2.24, 2.45) is 5.92 Å². The van der Waals surface area contributed by atoms with Crippen LogP contribution >= 0.6 is 0 Å². The topological polar surface area (TPSA) is 83.9 Å². The Morgan fingerprint density at radius 1 is 1.42 bits per heavy atom. The maximum absolute atomic E-state index is 11.9. The Morgan fingerprint density at radius 3 is 2.58 bits per heavy atom. The van der Waals surface area contributed by atoms with Gasteiger partial charge in [-0.25, -0.2) is 4.79 Å². The highest BCUT2D eigenvalue weighted by Crippen LogP contribution is 2.19. The molecule has 19 heavy (non-hydrogen) atoms. The van der Waals surface area contributed by atoms with Crippen molar-refractivity contribution in [1.29, 1.82) is 0 Å². The van der Waals surface area contributed by atoms with Gasteiger partial charge in [-0.15, -0.1) is 0 Å².